The van der Waals surface area contributed by atoms with Gasteiger partial charge in [-0.2, -0.15) is 0 Å². The number of carbonyl (C=O) groups is 2. The number of amides is 2. The molecule has 338 valence electrons. The summed E-state index contributed by atoms with van der Waals surface area (Å²) in [5, 5.41) is 27.4. The highest BCUT2D eigenvalue weighted by molar-refractivity contribution is 6.03. The Morgan fingerprint density at radius 1 is 0.917 bits per heavy atom. The first-order valence-electron chi connectivity index (χ1n) is 23.4. The van der Waals surface area contributed by atoms with Crippen molar-refractivity contribution in [2.75, 3.05) is 46.1 Å². The molecule has 4 rings (SSSR count). The van der Waals surface area contributed by atoms with Crippen LogP contribution in [0.15, 0.2) is 47.7 Å². The SMILES string of the molecule is C=CCO[C@@]12Oc3ccc(OC(=O)NCCCCCCCCCCCC)cc3[C@H]3[C@H](CCCCO)[C@@H](CCCCO)C=C(C(=NOCC)C[C@@H]1N(CCC)C(=O)OCC)[C@H]32. The van der Waals surface area contributed by atoms with Crippen LogP contribution in [0, 0.1) is 17.8 Å². The minimum absolute atomic E-state index is 0.0491. The van der Waals surface area contributed by atoms with E-state index in [0.717, 1.165) is 55.4 Å². The summed E-state index contributed by atoms with van der Waals surface area (Å²) in [6, 6.07) is 4.90. The van der Waals surface area contributed by atoms with Gasteiger partial charge in [0.25, 0.3) is 0 Å². The maximum absolute atomic E-state index is 13.9. The number of fused-ring (bicyclic) bond motifs is 2. The van der Waals surface area contributed by atoms with Gasteiger partial charge in [0.15, 0.2) is 0 Å². The number of carbonyl (C=O) groups excluding carboxylic acids is 2. The lowest BCUT2D eigenvalue weighted by Gasteiger charge is -2.59. The van der Waals surface area contributed by atoms with Gasteiger partial charge in [0.2, 0.25) is 5.79 Å². The molecule has 2 amide bonds. The summed E-state index contributed by atoms with van der Waals surface area (Å²) in [7, 11) is 0. The van der Waals surface area contributed by atoms with Gasteiger partial charge in [-0.05, 0) is 88.0 Å². The quantitative estimate of drug-likeness (QED) is 0.0407. The normalized spacial score (nSPS) is 23.5. The van der Waals surface area contributed by atoms with Crippen LogP contribution in [0.5, 0.6) is 11.5 Å². The van der Waals surface area contributed by atoms with Crippen LogP contribution in [0.1, 0.15) is 155 Å². The number of hydrogen-bond acceptors (Lipinski definition) is 10. The summed E-state index contributed by atoms with van der Waals surface area (Å²) in [5.41, 5.74) is 2.57. The molecule has 0 spiro atoms. The summed E-state index contributed by atoms with van der Waals surface area (Å²) in [4.78, 5) is 34.6. The number of nitrogens with one attached hydrogen (secondary N) is 1. The second-order valence-electron chi connectivity index (χ2n) is 16.6. The van der Waals surface area contributed by atoms with Crippen LogP contribution in [-0.4, -0.2) is 91.0 Å². The van der Waals surface area contributed by atoms with Crippen molar-refractivity contribution in [2.45, 2.75) is 161 Å². The second kappa shape index (κ2) is 26.7. The van der Waals surface area contributed by atoms with E-state index in [-0.39, 0.29) is 44.2 Å². The molecule has 6 atom stereocenters. The van der Waals surface area contributed by atoms with Gasteiger partial charge < -0.3 is 39.3 Å². The summed E-state index contributed by atoms with van der Waals surface area (Å²) >= 11 is 0. The summed E-state index contributed by atoms with van der Waals surface area (Å²) in [6.45, 7) is 13.9. The lowest BCUT2D eigenvalue weighted by molar-refractivity contribution is -0.255. The smallest absolute Gasteiger partial charge is 0.412 e. The zero-order valence-electron chi connectivity index (χ0n) is 37.3. The minimum atomic E-state index is -1.37. The van der Waals surface area contributed by atoms with Crippen molar-refractivity contribution in [1.29, 1.82) is 0 Å². The number of rotatable bonds is 29. The first kappa shape index (κ1) is 49.0. The highest BCUT2D eigenvalue weighted by atomic mass is 16.7. The molecule has 0 aromatic heterocycles. The van der Waals surface area contributed by atoms with Crippen LogP contribution in [0.3, 0.4) is 0 Å². The van der Waals surface area contributed by atoms with E-state index >= 15 is 0 Å². The first-order valence-corrected chi connectivity index (χ1v) is 23.4. The summed E-state index contributed by atoms with van der Waals surface area (Å²) in [5.74, 6) is -0.909. The molecule has 1 aliphatic heterocycles. The van der Waals surface area contributed by atoms with E-state index in [1.807, 2.05) is 26.0 Å². The second-order valence-corrected chi connectivity index (χ2v) is 16.6. The number of ether oxygens (including phenoxy) is 4. The fourth-order valence-electron chi connectivity index (χ4n) is 9.62. The topological polar surface area (TPSA) is 148 Å². The maximum Gasteiger partial charge on any atom is 0.412 e. The van der Waals surface area contributed by atoms with Gasteiger partial charge in [0, 0.05) is 44.2 Å². The number of allylic oxidation sites excluding steroid dienone is 1. The molecule has 0 unspecified atom stereocenters. The van der Waals surface area contributed by atoms with Gasteiger partial charge in [-0.25, -0.2) is 9.59 Å². The van der Waals surface area contributed by atoms with E-state index < -0.39 is 29.9 Å². The van der Waals surface area contributed by atoms with Crippen molar-refractivity contribution in [3.63, 3.8) is 0 Å². The van der Waals surface area contributed by atoms with E-state index in [4.69, 9.17) is 28.9 Å². The van der Waals surface area contributed by atoms with Crippen molar-refractivity contribution in [3.05, 3.63) is 48.1 Å². The average molecular weight is 840 g/mol. The van der Waals surface area contributed by atoms with Crippen molar-refractivity contribution < 1.29 is 43.6 Å². The van der Waals surface area contributed by atoms with Gasteiger partial charge in [0.05, 0.1) is 24.8 Å². The van der Waals surface area contributed by atoms with Crippen LogP contribution >= 0.6 is 0 Å². The molecule has 12 nitrogen and oxygen atoms in total. The van der Waals surface area contributed by atoms with Gasteiger partial charge in [-0.1, -0.05) is 102 Å². The van der Waals surface area contributed by atoms with E-state index in [2.05, 4.69) is 24.9 Å². The predicted octanol–water partition coefficient (Wildman–Crippen LogP) is 10.2. The van der Waals surface area contributed by atoms with Crippen molar-refractivity contribution in [1.82, 2.24) is 10.2 Å². The molecule has 12 heteroatoms. The van der Waals surface area contributed by atoms with Crippen LogP contribution in [-0.2, 0) is 14.3 Å². The van der Waals surface area contributed by atoms with E-state index in [1.165, 1.54) is 51.4 Å². The number of nitrogens with zero attached hydrogens (tertiary/aromatic N) is 2. The van der Waals surface area contributed by atoms with Crippen LogP contribution in [0.4, 0.5) is 9.59 Å². The van der Waals surface area contributed by atoms with Crippen LogP contribution in [0.2, 0.25) is 0 Å². The fraction of sp³-hybridized carbons (Fsp3) is 0.729. The Morgan fingerprint density at radius 2 is 1.62 bits per heavy atom. The third-order valence-corrected chi connectivity index (χ3v) is 12.3. The Balaban J connectivity index is 1.74. The van der Waals surface area contributed by atoms with Crippen molar-refractivity contribution in [3.8, 4) is 11.5 Å². The van der Waals surface area contributed by atoms with Gasteiger partial charge in [-0.3, -0.25) is 4.90 Å². The number of oxime groups is 1. The van der Waals surface area contributed by atoms with E-state index in [9.17, 15) is 19.8 Å². The van der Waals surface area contributed by atoms with Gasteiger partial charge in [0.1, 0.15) is 24.1 Å². The largest absolute Gasteiger partial charge is 0.459 e. The summed E-state index contributed by atoms with van der Waals surface area (Å²) < 4.78 is 25.8. The monoisotopic (exact) mass is 840 g/mol. The lowest BCUT2D eigenvalue weighted by Crippen LogP contribution is -2.70. The van der Waals surface area contributed by atoms with Gasteiger partial charge in [-0.15, -0.1) is 6.58 Å². The molecule has 3 aliphatic rings. The Labute approximate surface area is 360 Å². The molecule has 1 fully saturated rings. The molecule has 1 aromatic rings. The minimum Gasteiger partial charge on any atom is -0.459 e. The van der Waals surface area contributed by atoms with Crippen molar-refractivity contribution >= 4 is 17.9 Å². The number of aliphatic hydroxyl groups is 2. The summed E-state index contributed by atoms with van der Waals surface area (Å²) in [6.07, 6.45) is 20.9. The molecule has 2 aliphatic carbocycles. The molecule has 1 saturated carbocycles. The molecule has 1 aromatic carbocycles. The molecule has 0 saturated heterocycles. The third kappa shape index (κ3) is 13.2. The number of aliphatic hydroxyl groups excluding tert-OH is 2. The fourth-order valence-corrected chi connectivity index (χ4v) is 9.62. The van der Waals surface area contributed by atoms with E-state index in [0.29, 0.717) is 56.9 Å². The van der Waals surface area contributed by atoms with Gasteiger partial charge >= 0.3 is 12.2 Å². The van der Waals surface area contributed by atoms with Crippen LogP contribution in [0.25, 0.3) is 0 Å². The predicted molar refractivity (Wildman–Crippen MR) is 236 cm³/mol. The molecular formula is C48H77N3O9. The first-order chi connectivity index (χ1) is 29.3. The molecule has 1 heterocycles. The molecule has 0 bridgehead atoms. The zero-order chi connectivity index (χ0) is 43.2. The lowest BCUT2D eigenvalue weighted by atomic mass is 9.55. The average Bonchev–Trinajstić information content (AvgIpc) is 3.24. The zero-order valence-corrected chi connectivity index (χ0v) is 37.3. The Morgan fingerprint density at radius 3 is 2.27 bits per heavy atom. The standard InChI is InChI=1S/C48H77N3O9/c1-6-11-12-13-14-15-16-17-18-21-28-49-46(54)59-37-26-27-42-40(34-37)44-38(25-20-23-31-53)36(24-19-22-30-52)33-39-41(50-58-10-5)35-43(51(29-7-2)47(55)56-9-4)48(60-42,45(39)44)57-32-8-3/h8,26-27,33-34,36,38,43-45,52-53H,3,6-7,9-25,28-32,35H2,1-2,4-5H3,(H,49,54)/t36-,38+,43-,44+,45+,48+/m0/s1. The Hall–Kier alpha value is -3.61. The number of unbranched alkanes of at least 4 members (excludes halogenated alkanes) is 11. The van der Waals surface area contributed by atoms with Crippen LogP contribution < -0.4 is 14.8 Å². The highest BCUT2D eigenvalue weighted by Gasteiger charge is 2.65. The number of hydrogen-bond donors (Lipinski definition) is 3. The number of benzene rings is 1. The molecule has 3 N–H and O–H groups in total. The Bertz CT molecular complexity index is 1520. The molecule has 0 radical (unpaired) electrons. The Kier molecular flexibility index (Phi) is 21.8. The third-order valence-electron chi connectivity index (χ3n) is 12.3. The molecule has 60 heavy (non-hydrogen) atoms. The molecular weight excluding hydrogens is 763 g/mol. The highest BCUT2D eigenvalue weighted by Crippen LogP contribution is 2.62. The van der Waals surface area contributed by atoms with E-state index in [1.54, 1.807) is 24.0 Å². The maximum atomic E-state index is 13.9. The van der Waals surface area contributed by atoms with Crippen molar-refractivity contribution in [2.24, 2.45) is 22.9 Å².